The summed E-state index contributed by atoms with van der Waals surface area (Å²) in [5.41, 5.74) is 7.70. The highest BCUT2D eigenvalue weighted by Crippen LogP contribution is 2.23. The summed E-state index contributed by atoms with van der Waals surface area (Å²) in [7, 11) is -1.17. The molecule has 1 aliphatic rings. The molecule has 0 aromatic heterocycles. The van der Waals surface area contributed by atoms with E-state index in [0.717, 1.165) is 38.9 Å². The molecule has 0 saturated carbocycles. The fourth-order valence-corrected chi connectivity index (χ4v) is 3.32. The maximum atomic E-state index is 8.84. The van der Waals surface area contributed by atoms with Gasteiger partial charge in [-0.3, -0.25) is 4.90 Å². The fraction of sp³-hybridized carbons (Fsp3) is 0.647. The Kier molecular flexibility index (Phi) is 7.39. The van der Waals surface area contributed by atoms with Gasteiger partial charge in [-0.1, -0.05) is 43.2 Å². The first-order valence-corrected chi connectivity index (χ1v) is 8.53. The van der Waals surface area contributed by atoms with Crippen LogP contribution in [0.3, 0.4) is 0 Å². The molecule has 1 aromatic rings. The fourth-order valence-electron chi connectivity index (χ4n) is 3.32. The third-order valence-electron chi connectivity index (χ3n) is 4.74. The standard InChI is InChI=1S/C17H29BN2O2/c19-17(8-4-5-11-18(21)22)16-9-12-20(13-10-16)14-15-6-2-1-3-7-15/h1-3,6-7,16-17,21-22H,4-5,8-14,19H2. The third-order valence-corrected chi connectivity index (χ3v) is 4.74. The molecule has 0 aliphatic carbocycles. The van der Waals surface area contributed by atoms with Gasteiger partial charge in [-0.15, -0.1) is 0 Å². The van der Waals surface area contributed by atoms with Crippen LogP contribution < -0.4 is 5.73 Å². The van der Waals surface area contributed by atoms with Crippen LogP contribution in [0.5, 0.6) is 0 Å². The number of hydrogen-bond acceptors (Lipinski definition) is 4. The van der Waals surface area contributed by atoms with Crippen molar-refractivity contribution >= 4 is 7.12 Å². The van der Waals surface area contributed by atoms with E-state index in [1.165, 1.54) is 18.4 Å². The van der Waals surface area contributed by atoms with E-state index in [4.69, 9.17) is 15.8 Å². The van der Waals surface area contributed by atoms with Crippen LogP contribution >= 0.6 is 0 Å². The smallest absolute Gasteiger partial charge is 0.427 e. The van der Waals surface area contributed by atoms with Gasteiger partial charge in [0.05, 0.1) is 0 Å². The van der Waals surface area contributed by atoms with Gasteiger partial charge in [-0.05, 0) is 50.2 Å². The molecule has 4 N–H and O–H groups in total. The summed E-state index contributed by atoms with van der Waals surface area (Å²) in [6.45, 7) is 3.29. The number of hydrogen-bond donors (Lipinski definition) is 3. The number of likely N-dealkylation sites (tertiary alicyclic amines) is 1. The lowest BCUT2D eigenvalue weighted by Gasteiger charge is -2.34. The van der Waals surface area contributed by atoms with Crippen LogP contribution in [0.25, 0.3) is 0 Å². The first-order valence-electron chi connectivity index (χ1n) is 8.53. The van der Waals surface area contributed by atoms with Gasteiger partial charge in [0, 0.05) is 12.6 Å². The van der Waals surface area contributed by atoms with E-state index in [-0.39, 0.29) is 6.04 Å². The molecule has 5 heteroatoms. The highest BCUT2D eigenvalue weighted by molar-refractivity contribution is 6.40. The molecular formula is C17H29BN2O2. The van der Waals surface area contributed by atoms with Crippen LogP contribution in [0.2, 0.25) is 6.32 Å². The van der Waals surface area contributed by atoms with Crippen LogP contribution in [-0.2, 0) is 6.54 Å². The molecule has 1 aromatic carbocycles. The third kappa shape index (κ3) is 6.09. The molecular weight excluding hydrogens is 275 g/mol. The lowest BCUT2D eigenvalue weighted by atomic mass is 9.82. The minimum Gasteiger partial charge on any atom is -0.427 e. The lowest BCUT2D eigenvalue weighted by molar-refractivity contribution is 0.159. The average Bonchev–Trinajstić information content (AvgIpc) is 2.53. The second-order valence-corrected chi connectivity index (χ2v) is 6.53. The number of nitrogens with zero attached hydrogens (tertiary/aromatic N) is 1. The van der Waals surface area contributed by atoms with Gasteiger partial charge in [0.2, 0.25) is 0 Å². The summed E-state index contributed by atoms with van der Waals surface area (Å²) in [6.07, 6.45) is 5.65. The van der Waals surface area contributed by atoms with Crippen LogP contribution in [0, 0.1) is 5.92 Å². The molecule has 0 spiro atoms. The Morgan fingerprint density at radius 1 is 1.14 bits per heavy atom. The summed E-state index contributed by atoms with van der Waals surface area (Å²) in [5.74, 6) is 0.617. The van der Waals surface area contributed by atoms with Crippen LogP contribution in [-0.4, -0.2) is 41.2 Å². The second-order valence-electron chi connectivity index (χ2n) is 6.53. The monoisotopic (exact) mass is 304 g/mol. The summed E-state index contributed by atoms with van der Waals surface area (Å²) >= 11 is 0. The van der Waals surface area contributed by atoms with E-state index in [1.54, 1.807) is 0 Å². The van der Waals surface area contributed by atoms with Gasteiger partial charge in [-0.25, -0.2) is 0 Å². The van der Waals surface area contributed by atoms with Crippen molar-refractivity contribution in [3.8, 4) is 0 Å². The maximum Gasteiger partial charge on any atom is 0.451 e. The molecule has 22 heavy (non-hydrogen) atoms. The van der Waals surface area contributed by atoms with Crippen LogP contribution in [0.4, 0.5) is 0 Å². The molecule has 1 aliphatic heterocycles. The van der Waals surface area contributed by atoms with Crippen molar-refractivity contribution < 1.29 is 10.0 Å². The Labute approximate surface area is 134 Å². The molecule has 2 rings (SSSR count). The summed E-state index contributed by atoms with van der Waals surface area (Å²) in [5, 5.41) is 17.7. The normalized spacial score (nSPS) is 18.3. The van der Waals surface area contributed by atoms with Gasteiger partial charge in [0.1, 0.15) is 0 Å². The van der Waals surface area contributed by atoms with E-state index < -0.39 is 7.12 Å². The van der Waals surface area contributed by atoms with E-state index in [0.29, 0.717) is 12.2 Å². The Balaban J connectivity index is 1.64. The van der Waals surface area contributed by atoms with E-state index in [1.807, 2.05) is 0 Å². The van der Waals surface area contributed by atoms with Gasteiger partial charge in [0.25, 0.3) is 0 Å². The number of piperidine rings is 1. The molecule has 1 unspecified atom stereocenters. The number of nitrogens with two attached hydrogens (primary N) is 1. The minimum absolute atomic E-state index is 0.259. The predicted molar refractivity (Wildman–Crippen MR) is 91.3 cm³/mol. The van der Waals surface area contributed by atoms with Crippen molar-refractivity contribution in [3.63, 3.8) is 0 Å². The molecule has 122 valence electrons. The highest BCUT2D eigenvalue weighted by atomic mass is 16.4. The summed E-state index contributed by atoms with van der Waals surface area (Å²) in [4.78, 5) is 2.51. The zero-order valence-corrected chi connectivity index (χ0v) is 13.4. The van der Waals surface area contributed by atoms with Crippen molar-refractivity contribution in [1.82, 2.24) is 4.90 Å². The van der Waals surface area contributed by atoms with Crippen molar-refractivity contribution in [2.24, 2.45) is 11.7 Å². The largest absolute Gasteiger partial charge is 0.451 e. The van der Waals surface area contributed by atoms with Gasteiger partial charge >= 0.3 is 7.12 Å². The molecule has 1 saturated heterocycles. The summed E-state index contributed by atoms with van der Waals surface area (Å²) < 4.78 is 0. The number of benzene rings is 1. The molecule has 0 radical (unpaired) electrons. The SMILES string of the molecule is NC(CCCCB(O)O)C1CCN(Cc2ccccc2)CC1. The maximum absolute atomic E-state index is 8.84. The number of rotatable bonds is 8. The van der Waals surface area contributed by atoms with Crippen LogP contribution in [0.15, 0.2) is 30.3 Å². The number of unbranched alkanes of at least 4 members (excludes halogenated alkanes) is 1. The van der Waals surface area contributed by atoms with Gasteiger partial charge in [0.15, 0.2) is 0 Å². The van der Waals surface area contributed by atoms with Crippen molar-refractivity contribution in [1.29, 1.82) is 0 Å². The van der Waals surface area contributed by atoms with E-state index in [9.17, 15) is 0 Å². The highest BCUT2D eigenvalue weighted by Gasteiger charge is 2.24. The summed E-state index contributed by atoms with van der Waals surface area (Å²) in [6, 6.07) is 10.9. The topological polar surface area (TPSA) is 69.7 Å². The molecule has 1 fully saturated rings. The van der Waals surface area contributed by atoms with Crippen molar-refractivity contribution in [3.05, 3.63) is 35.9 Å². The van der Waals surface area contributed by atoms with Gasteiger partial charge < -0.3 is 15.8 Å². The average molecular weight is 304 g/mol. The minimum atomic E-state index is -1.17. The molecule has 1 heterocycles. The van der Waals surface area contributed by atoms with Crippen molar-refractivity contribution in [2.45, 2.75) is 51.0 Å². The zero-order chi connectivity index (χ0) is 15.8. The van der Waals surface area contributed by atoms with E-state index >= 15 is 0 Å². The molecule has 1 atom stereocenters. The Morgan fingerprint density at radius 2 is 1.82 bits per heavy atom. The Hall–Kier alpha value is -0.875. The second kappa shape index (κ2) is 9.31. The first-order chi connectivity index (χ1) is 10.6. The first kappa shape index (κ1) is 17.5. The van der Waals surface area contributed by atoms with E-state index in [2.05, 4.69) is 35.2 Å². The van der Waals surface area contributed by atoms with Crippen LogP contribution in [0.1, 0.15) is 37.7 Å². The molecule has 4 nitrogen and oxygen atoms in total. The zero-order valence-electron chi connectivity index (χ0n) is 13.4. The Morgan fingerprint density at radius 3 is 2.45 bits per heavy atom. The Bertz CT molecular complexity index is 408. The molecule has 0 bridgehead atoms. The predicted octanol–water partition coefficient (Wildman–Crippen LogP) is 1.87. The van der Waals surface area contributed by atoms with Crippen molar-refractivity contribution in [2.75, 3.05) is 13.1 Å². The quantitative estimate of drug-likeness (QED) is 0.506. The van der Waals surface area contributed by atoms with Gasteiger partial charge in [-0.2, -0.15) is 0 Å². The lowest BCUT2D eigenvalue weighted by Crippen LogP contribution is -2.40. The molecule has 0 amide bonds.